The quantitative estimate of drug-likeness (QED) is 0.589. The Labute approximate surface area is 174 Å². The van der Waals surface area contributed by atoms with Crippen LogP contribution >= 0.6 is 0 Å². The topological polar surface area (TPSA) is 72.7 Å². The summed E-state index contributed by atoms with van der Waals surface area (Å²) in [5, 5.41) is 14.2. The molecule has 3 aromatic rings. The van der Waals surface area contributed by atoms with Crippen molar-refractivity contribution in [3.63, 3.8) is 0 Å². The number of nitrogens with one attached hydrogen (secondary N) is 1. The largest absolute Gasteiger partial charge is 0.497 e. The van der Waals surface area contributed by atoms with Crippen LogP contribution in [-0.2, 0) is 17.8 Å². The molecular weight excluding hydrogens is 387 g/mol. The number of aromatic carboxylic acids is 1. The number of benzene rings is 2. The Morgan fingerprint density at radius 2 is 2.17 bits per heavy atom. The number of nitrogens with zero attached hydrogens (tertiary/aromatic N) is 1. The van der Waals surface area contributed by atoms with Gasteiger partial charge in [0.1, 0.15) is 17.3 Å². The molecule has 7 heteroatoms. The minimum absolute atomic E-state index is 0.115. The van der Waals surface area contributed by atoms with Crippen molar-refractivity contribution in [1.82, 2.24) is 9.88 Å². The van der Waals surface area contributed by atoms with E-state index in [4.69, 9.17) is 9.47 Å². The molecule has 2 heterocycles. The molecule has 2 aromatic carbocycles. The molecule has 1 aliphatic heterocycles. The standard InChI is InChI=1S/C23H25FN2O4/c1-29-16-8-9-18-19(13-25-12-17-6-4-10-30-17)22(23(27)28)26(21(18)11-16)14-15-5-2-3-7-20(15)24/h2-3,5,7-9,11,17,25H,4,6,10,12-14H2,1H3,(H,27,28). The molecule has 158 valence electrons. The van der Waals surface area contributed by atoms with Crippen LogP contribution in [0.25, 0.3) is 10.9 Å². The van der Waals surface area contributed by atoms with E-state index < -0.39 is 5.97 Å². The van der Waals surface area contributed by atoms with Gasteiger partial charge in [0, 0.05) is 42.3 Å². The van der Waals surface area contributed by atoms with E-state index in [1.807, 2.05) is 12.1 Å². The molecule has 0 radical (unpaired) electrons. The highest BCUT2D eigenvalue weighted by atomic mass is 19.1. The SMILES string of the molecule is COc1ccc2c(CNCC3CCCO3)c(C(=O)O)n(Cc3ccccc3F)c2c1. The first kappa shape index (κ1) is 20.4. The predicted octanol–water partition coefficient (Wildman–Crippen LogP) is 3.80. The van der Waals surface area contributed by atoms with Crippen molar-refractivity contribution in [2.75, 3.05) is 20.3 Å². The molecule has 0 bridgehead atoms. The normalized spacial score (nSPS) is 16.3. The molecule has 6 nitrogen and oxygen atoms in total. The van der Waals surface area contributed by atoms with Gasteiger partial charge in [0.15, 0.2) is 0 Å². The maximum absolute atomic E-state index is 14.3. The summed E-state index contributed by atoms with van der Waals surface area (Å²) in [7, 11) is 1.56. The fourth-order valence-corrected chi connectivity index (χ4v) is 4.08. The zero-order valence-corrected chi connectivity index (χ0v) is 16.9. The van der Waals surface area contributed by atoms with Crippen molar-refractivity contribution in [3.8, 4) is 5.75 Å². The smallest absolute Gasteiger partial charge is 0.352 e. The summed E-state index contributed by atoms with van der Waals surface area (Å²) in [5.74, 6) is -0.794. The summed E-state index contributed by atoms with van der Waals surface area (Å²) < 4.78 is 27.0. The van der Waals surface area contributed by atoms with Gasteiger partial charge in [-0.3, -0.25) is 0 Å². The highest BCUT2D eigenvalue weighted by molar-refractivity contribution is 5.98. The van der Waals surface area contributed by atoms with Crippen molar-refractivity contribution in [2.24, 2.45) is 0 Å². The lowest BCUT2D eigenvalue weighted by Gasteiger charge is -2.12. The van der Waals surface area contributed by atoms with Gasteiger partial charge in [-0.05, 0) is 31.0 Å². The number of aromatic nitrogens is 1. The fraction of sp³-hybridized carbons (Fsp3) is 0.348. The number of methoxy groups -OCH3 is 1. The van der Waals surface area contributed by atoms with E-state index in [1.165, 1.54) is 6.07 Å². The second kappa shape index (κ2) is 8.85. The lowest BCUT2D eigenvalue weighted by Crippen LogP contribution is -2.26. The Morgan fingerprint density at radius 1 is 1.33 bits per heavy atom. The van der Waals surface area contributed by atoms with E-state index in [2.05, 4.69) is 5.32 Å². The predicted molar refractivity (Wildman–Crippen MR) is 112 cm³/mol. The summed E-state index contributed by atoms with van der Waals surface area (Å²) >= 11 is 0. The third-order valence-electron chi connectivity index (χ3n) is 5.56. The molecule has 30 heavy (non-hydrogen) atoms. The Kier molecular flexibility index (Phi) is 6.01. The first-order valence-electron chi connectivity index (χ1n) is 10.1. The second-order valence-corrected chi connectivity index (χ2v) is 7.46. The molecule has 1 unspecified atom stereocenters. The molecule has 1 aliphatic rings. The molecule has 1 fully saturated rings. The molecule has 0 spiro atoms. The van der Waals surface area contributed by atoms with Gasteiger partial charge in [-0.1, -0.05) is 18.2 Å². The van der Waals surface area contributed by atoms with E-state index in [0.717, 1.165) is 24.8 Å². The van der Waals surface area contributed by atoms with E-state index in [9.17, 15) is 14.3 Å². The molecule has 1 atom stereocenters. The number of fused-ring (bicyclic) bond motifs is 1. The van der Waals surface area contributed by atoms with Crippen molar-refractivity contribution in [3.05, 3.63) is 65.1 Å². The average molecular weight is 412 g/mol. The minimum Gasteiger partial charge on any atom is -0.497 e. The molecule has 0 aliphatic carbocycles. The molecule has 1 saturated heterocycles. The van der Waals surface area contributed by atoms with Crippen molar-refractivity contribution in [2.45, 2.75) is 32.0 Å². The van der Waals surface area contributed by atoms with Crippen LogP contribution in [-0.4, -0.2) is 42.0 Å². The van der Waals surface area contributed by atoms with Crippen LogP contribution in [0.3, 0.4) is 0 Å². The third kappa shape index (κ3) is 4.04. The number of carboxylic acid groups (broad SMARTS) is 1. The summed E-state index contributed by atoms with van der Waals surface area (Å²) in [6, 6.07) is 11.9. The number of carbonyl (C=O) groups is 1. The lowest BCUT2D eigenvalue weighted by molar-refractivity contribution is 0.0684. The Balaban J connectivity index is 1.76. The van der Waals surface area contributed by atoms with Gasteiger partial charge in [-0.25, -0.2) is 9.18 Å². The Hall–Kier alpha value is -2.90. The number of rotatable bonds is 8. The highest BCUT2D eigenvalue weighted by Gasteiger charge is 2.24. The fourth-order valence-electron chi connectivity index (χ4n) is 4.08. The summed E-state index contributed by atoms with van der Waals surface area (Å²) in [6.45, 7) is 1.93. The monoisotopic (exact) mass is 412 g/mol. The van der Waals surface area contributed by atoms with E-state index in [1.54, 1.807) is 35.9 Å². The Bertz CT molecular complexity index is 1060. The molecular formula is C23H25FN2O4. The molecule has 0 amide bonds. The van der Waals surface area contributed by atoms with E-state index in [-0.39, 0.29) is 24.2 Å². The van der Waals surface area contributed by atoms with Gasteiger partial charge in [0.05, 0.1) is 25.3 Å². The number of carboxylic acids is 1. The Morgan fingerprint density at radius 3 is 2.87 bits per heavy atom. The van der Waals surface area contributed by atoms with Crippen LogP contribution < -0.4 is 10.1 Å². The number of halogens is 1. The highest BCUT2D eigenvalue weighted by Crippen LogP contribution is 2.31. The van der Waals surface area contributed by atoms with Gasteiger partial charge < -0.3 is 24.5 Å². The van der Waals surface area contributed by atoms with E-state index in [0.29, 0.717) is 35.5 Å². The van der Waals surface area contributed by atoms with Crippen LogP contribution in [0.2, 0.25) is 0 Å². The van der Waals surface area contributed by atoms with Crippen molar-refractivity contribution in [1.29, 1.82) is 0 Å². The summed E-state index contributed by atoms with van der Waals surface area (Å²) in [5.41, 5.74) is 1.96. The van der Waals surface area contributed by atoms with E-state index >= 15 is 0 Å². The van der Waals surface area contributed by atoms with Crippen LogP contribution in [0.4, 0.5) is 4.39 Å². The van der Waals surface area contributed by atoms with Gasteiger partial charge in [-0.15, -0.1) is 0 Å². The maximum Gasteiger partial charge on any atom is 0.352 e. The van der Waals surface area contributed by atoms with Crippen molar-refractivity contribution >= 4 is 16.9 Å². The lowest BCUT2D eigenvalue weighted by atomic mass is 10.1. The second-order valence-electron chi connectivity index (χ2n) is 7.46. The van der Waals surface area contributed by atoms with Gasteiger partial charge in [0.25, 0.3) is 0 Å². The van der Waals surface area contributed by atoms with Crippen LogP contribution in [0.15, 0.2) is 42.5 Å². The molecule has 1 aromatic heterocycles. The summed E-state index contributed by atoms with van der Waals surface area (Å²) in [6.07, 6.45) is 2.21. The van der Waals surface area contributed by atoms with Gasteiger partial charge in [-0.2, -0.15) is 0 Å². The average Bonchev–Trinajstić information content (AvgIpc) is 3.36. The zero-order valence-electron chi connectivity index (χ0n) is 16.9. The third-order valence-corrected chi connectivity index (χ3v) is 5.56. The first-order chi connectivity index (χ1) is 14.6. The van der Waals surface area contributed by atoms with Gasteiger partial charge in [0.2, 0.25) is 0 Å². The van der Waals surface area contributed by atoms with Crippen LogP contribution in [0.5, 0.6) is 5.75 Å². The van der Waals surface area contributed by atoms with Crippen molar-refractivity contribution < 1.29 is 23.8 Å². The molecule has 4 rings (SSSR count). The number of ether oxygens (including phenoxy) is 2. The molecule has 2 N–H and O–H groups in total. The number of hydrogen-bond acceptors (Lipinski definition) is 4. The first-order valence-corrected chi connectivity index (χ1v) is 10.1. The van der Waals surface area contributed by atoms with Crippen LogP contribution in [0, 0.1) is 5.82 Å². The minimum atomic E-state index is -1.05. The molecule has 0 saturated carbocycles. The summed E-state index contributed by atoms with van der Waals surface area (Å²) in [4.78, 5) is 12.3. The number of hydrogen-bond donors (Lipinski definition) is 2. The zero-order chi connectivity index (χ0) is 21.1. The van der Waals surface area contributed by atoms with Crippen LogP contribution in [0.1, 0.15) is 34.5 Å². The van der Waals surface area contributed by atoms with Gasteiger partial charge >= 0.3 is 5.97 Å². The maximum atomic E-state index is 14.3.